The van der Waals surface area contributed by atoms with Crippen LogP contribution in [0.25, 0.3) is 0 Å². The molecule has 0 fully saturated rings. The summed E-state index contributed by atoms with van der Waals surface area (Å²) in [5.41, 5.74) is 0.789. The molecule has 20 heavy (non-hydrogen) atoms. The maximum absolute atomic E-state index is 12.6. The third-order valence-electron chi connectivity index (χ3n) is 2.81. The Labute approximate surface area is 114 Å². The van der Waals surface area contributed by atoms with Gasteiger partial charge in [-0.15, -0.1) is 0 Å². The normalized spacial score (nSPS) is 11.4. The van der Waals surface area contributed by atoms with Crippen molar-refractivity contribution in [2.24, 2.45) is 0 Å². The van der Waals surface area contributed by atoms with Crippen LogP contribution in [0.3, 0.4) is 0 Å². The Morgan fingerprint density at radius 1 is 1.15 bits per heavy atom. The highest BCUT2D eigenvalue weighted by Gasteiger charge is 2.30. The quantitative estimate of drug-likeness (QED) is 0.929. The van der Waals surface area contributed by atoms with Gasteiger partial charge < -0.3 is 5.32 Å². The van der Waals surface area contributed by atoms with E-state index in [-0.39, 0.29) is 6.54 Å². The molecule has 2 rings (SSSR count). The van der Waals surface area contributed by atoms with Gasteiger partial charge in [0.1, 0.15) is 12.1 Å². The molecule has 106 valence electrons. The Bertz CT molecular complexity index is 582. The predicted octanol–water partition coefficient (Wildman–Crippen LogP) is 3.67. The molecule has 0 amide bonds. The standard InChI is InChI=1S/C14H14F3N3/c1-2-12-7-13(20-9-19-12)18-8-10-4-3-5-11(6-10)14(15,16)17/h3-7,9H,2,8H2,1H3,(H,18,19,20). The van der Waals surface area contributed by atoms with E-state index in [4.69, 9.17) is 0 Å². The zero-order chi connectivity index (χ0) is 14.6. The maximum atomic E-state index is 12.6. The van der Waals surface area contributed by atoms with E-state index < -0.39 is 11.7 Å². The summed E-state index contributed by atoms with van der Waals surface area (Å²) in [6.07, 6.45) is -2.10. The lowest BCUT2D eigenvalue weighted by Gasteiger charge is -2.10. The molecule has 0 aliphatic heterocycles. The van der Waals surface area contributed by atoms with Crippen molar-refractivity contribution >= 4 is 5.82 Å². The van der Waals surface area contributed by atoms with Crippen molar-refractivity contribution in [1.29, 1.82) is 0 Å². The summed E-state index contributed by atoms with van der Waals surface area (Å²) >= 11 is 0. The van der Waals surface area contributed by atoms with Gasteiger partial charge >= 0.3 is 6.18 Å². The molecule has 2 aromatic rings. The third kappa shape index (κ3) is 3.69. The Balaban J connectivity index is 2.07. The van der Waals surface area contributed by atoms with E-state index in [1.54, 1.807) is 12.1 Å². The monoisotopic (exact) mass is 281 g/mol. The van der Waals surface area contributed by atoms with Crippen LogP contribution in [-0.4, -0.2) is 9.97 Å². The van der Waals surface area contributed by atoms with Crippen LogP contribution in [0.1, 0.15) is 23.7 Å². The Kier molecular flexibility index (Phi) is 4.22. The molecular weight excluding hydrogens is 267 g/mol. The van der Waals surface area contributed by atoms with Crippen molar-refractivity contribution in [2.75, 3.05) is 5.32 Å². The van der Waals surface area contributed by atoms with Gasteiger partial charge in [-0.1, -0.05) is 19.1 Å². The first-order chi connectivity index (χ1) is 9.49. The fraction of sp³-hybridized carbons (Fsp3) is 0.286. The summed E-state index contributed by atoms with van der Waals surface area (Å²) in [4.78, 5) is 8.09. The number of rotatable bonds is 4. The number of halogens is 3. The molecule has 0 aliphatic carbocycles. The second-order valence-corrected chi connectivity index (χ2v) is 4.30. The number of alkyl halides is 3. The molecule has 6 heteroatoms. The highest BCUT2D eigenvalue weighted by Crippen LogP contribution is 2.29. The highest BCUT2D eigenvalue weighted by molar-refractivity contribution is 5.37. The van der Waals surface area contributed by atoms with Crippen LogP contribution >= 0.6 is 0 Å². The minimum absolute atomic E-state index is 0.282. The smallest absolute Gasteiger partial charge is 0.366 e. The van der Waals surface area contributed by atoms with Crippen LogP contribution in [0.5, 0.6) is 0 Å². The number of aromatic nitrogens is 2. The van der Waals surface area contributed by atoms with Gasteiger partial charge in [0, 0.05) is 18.3 Å². The van der Waals surface area contributed by atoms with Gasteiger partial charge in [-0.2, -0.15) is 13.2 Å². The molecule has 1 N–H and O–H groups in total. The molecular formula is C14H14F3N3. The molecule has 0 spiro atoms. The van der Waals surface area contributed by atoms with Crippen molar-refractivity contribution in [2.45, 2.75) is 26.1 Å². The predicted molar refractivity (Wildman–Crippen MR) is 70.2 cm³/mol. The van der Waals surface area contributed by atoms with E-state index >= 15 is 0 Å². The van der Waals surface area contributed by atoms with Gasteiger partial charge in [0.25, 0.3) is 0 Å². The van der Waals surface area contributed by atoms with Crippen molar-refractivity contribution in [1.82, 2.24) is 9.97 Å². The van der Waals surface area contributed by atoms with E-state index in [0.717, 1.165) is 24.2 Å². The van der Waals surface area contributed by atoms with Crippen LogP contribution in [0.15, 0.2) is 36.7 Å². The maximum Gasteiger partial charge on any atom is 0.416 e. The summed E-state index contributed by atoms with van der Waals surface area (Å²) < 4.78 is 37.8. The zero-order valence-electron chi connectivity index (χ0n) is 10.9. The number of hydrogen-bond donors (Lipinski definition) is 1. The number of aryl methyl sites for hydroxylation is 1. The van der Waals surface area contributed by atoms with Gasteiger partial charge in [-0.25, -0.2) is 9.97 Å². The number of nitrogens with zero attached hydrogens (tertiary/aromatic N) is 2. The molecule has 0 saturated carbocycles. The average molecular weight is 281 g/mol. The lowest BCUT2D eigenvalue weighted by molar-refractivity contribution is -0.137. The molecule has 1 heterocycles. The molecule has 0 aliphatic rings. The number of anilines is 1. The average Bonchev–Trinajstić information content (AvgIpc) is 2.45. The molecule has 0 radical (unpaired) electrons. The lowest BCUT2D eigenvalue weighted by Crippen LogP contribution is -2.07. The van der Waals surface area contributed by atoms with Gasteiger partial charge in [0.15, 0.2) is 0 Å². The first kappa shape index (κ1) is 14.3. The van der Waals surface area contributed by atoms with E-state index in [2.05, 4.69) is 15.3 Å². The van der Waals surface area contributed by atoms with Crippen LogP contribution in [0.2, 0.25) is 0 Å². The minimum atomic E-state index is -4.32. The SMILES string of the molecule is CCc1cc(NCc2cccc(C(F)(F)F)c2)ncn1. The van der Waals surface area contributed by atoms with E-state index in [9.17, 15) is 13.2 Å². The van der Waals surface area contributed by atoms with Crippen molar-refractivity contribution in [3.05, 3.63) is 53.5 Å². The third-order valence-corrected chi connectivity index (χ3v) is 2.81. The molecule has 0 unspecified atom stereocenters. The second kappa shape index (κ2) is 5.90. The molecule has 0 saturated heterocycles. The van der Waals surface area contributed by atoms with Gasteiger partial charge in [-0.05, 0) is 24.1 Å². The Morgan fingerprint density at radius 2 is 1.95 bits per heavy atom. The van der Waals surface area contributed by atoms with E-state index in [0.29, 0.717) is 11.4 Å². The van der Waals surface area contributed by atoms with E-state index in [1.165, 1.54) is 12.4 Å². The highest BCUT2D eigenvalue weighted by atomic mass is 19.4. The molecule has 3 nitrogen and oxygen atoms in total. The summed E-state index contributed by atoms with van der Waals surface area (Å²) in [7, 11) is 0. The van der Waals surface area contributed by atoms with Crippen molar-refractivity contribution in [3.8, 4) is 0 Å². The zero-order valence-corrected chi connectivity index (χ0v) is 10.9. The number of nitrogens with one attached hydrogen (secondary N) is 1. The summed E-state index contributed by atoms with van der Waals surface area (Å²) in [5.74, 6) is 0.606. The molecule has 0 atom stereocenters. The molecule has 0 bridgehead atoms. The van der Waals surface area contributed by atoms with Crippen molar-refractivity contribution < 1.29 is 13.2 Å². The Morgan fingerprint density at radius 3 is 2.65 bits per heavy atom. The second-order valence-electron chi connectivity index (χ2n) is 4.30. The van der Waals surface area contributed by atoms with Gasteiger partial charge in [0.2, 0.25) is 0 Å². The summed E-state index contributed by atoms with van der Waals surface area (Å²) in [6.45, 7) is 2.25. The molecule has 1 aromatic carbocycles. The number of hydrogen-bond acceptors (Lipinski definition) is 3. The van der Waals surface area contributed by atoms with Crippen LogP contribution in [-0.2, 0) is 19.1 Å². The lowest BCUT2D eigenvalue weighted by atomic mass is 10.1. The fourth-order valence-electron chi connectivity index (χ4n) is 1.74. The number of benzene rings is 1. The van der Waals surface area contributed by atoms with Crippen LogP contribution < -0.4 is 5.32 Å². The minimum Gasteiger partial charge on any atom is -0.366 e. The first-order valence-electron chi connectivity index (χ1n) is 6.20. The van der Waals surface area contributed by atoms with Crippen LogP contribution in [0.4, 0.5) is 19.0 Å². The first-order valence-corrected chi connectivity index (χ1v) is 6.20. The van der Waals surface area contributed by atoms with E-state index in [1.807, 2.05) is 6.92 Å². The van der Waals surface area contributed by atoms with Gasteiger partial charge in [-0.3, -0.25) is 0 Å². The molecule has 1 aromatic heterocycles. The van der Waals surface area contributed by atoms with Crippen LogP contribution in [0, 0.1) is 0 Å². The Hall–Kier alpha value is -2.11. The van der Waals surface area contributed by atoms with Gasteiger partial charge in [0.05, 0.1) is 5.56 Å². The largest absolute Gasteiger partial charge is 0.416 e. The summed E-state index contributed by atoms with van der Waals surface area (Å²) in [6, 6.07) is 7.02. The topological polar surface area (TPSA) is 37.8 Å². The van der Waals surface area contributed by atoms with Crippen molar-refractivity contribution in [3.63, 3.8) is 0 Å². The summed E-state index contributed by atoms with van der Waals surface area (Å²) in [5, 5.41) is 3.00. The fourth-order valence-corrected chi connectivity index (χ4v) is 1.74.